The first-order valence-corrected chi connectivity index (χ1v) is 23.3. The predicted molar refractivity (Wildman–Crippen MR) is 233 cm³/mol. The molecule has 0 saturated carbocycles. The second-order valence-electron chi connectivity index (χ2n) is 15.0. The third kappa shape index (κ3) is 58.4. The van der Waals surface area contributed by atoms with Gasteiger partial charge in [0.1, 0.15) is 6.29 Å². The van der Waals surface area contributed by atoms with Crippen LogP contribution in [0.15, 0.2) is 0 Å². The Balaban J connectivity index is -0.000000427. The van der Waals surface area contributed by atoms with E-state index in [1.54, 1.807) is 0 Å². The minimum atomic E-state index is -0.250. The maximum atomic E-state index is 10.3. The van der Waals surface area contributed by atoms with Crippen LogP contribution in [0.4, 0.5) is 0 Å². The first kappa shape index (κ1) is 57.8. The number of unbranched alkanes of at least 4 members (excludes halogenated alkanes) is 20. The third-order valence-corrected chi connectivity index (χ3v) is 10.2. The molecular formula is C47H99NO4. The number of hydrogen-bond acceptors (Lipinski definition) is 4. The fraction of sp³-hybridized carbons (Fsp3) is 0.957. The lowest BCUT2D eigenvalue weighted by Gasteiger charge is -2.17. The molecule has 0 aromatic rings. The molecule has 0 amide bonds. The van der Waals surface area contributed by atoms with Gasteiger partial charge in [-0.25, -0.2) is 0 Å². The van der Waals surface area contributed by atoms with Crippen molar-refractivity contribution in [2.45, 2.75) is 253 Å². The van der Waals surface area contributed by atoms with Crippen molar-refractivity contribution in [3.63, 3.8) is 0 Å². The molecule has 0 aliphatic rings. The second kappa shape index (κ2) is 59.3. The average Bonchev–Trinajstić information content (AvgIpc) is 3.16. The maximum absolute atomic E-state index is 10.3. The standard InChI is InChI=1S/C27H55NO.C17H36O.C2H6.CH2O2/c1-3-5-7-15-21-27(22-16-8-6-4-2)23-17-11-9-10-12-18-24-28-25-19-13-14-20-26-29;1-4-6-8-10-13-17(15-12-16-18-3)14-11-9-7-5-2;1-2;2-1-3/h26-28H,3-25H2,1-2H3;17H,4-16H2,1-3H3;1-2H3;1H,(H,2,3). The quantitative estimate of drug-likeness (QED) is 0.0485. The Hall–Kier alpha value is -0.940. The van der Waals surface area contributed by atoms with Crippen LogP contribution in [0.5, 0.6) is 0 Å². The Morgan fingerprint density at radius 3 is 1.08 bits per heavy atom. The van der Waals surface area contributed by atoms with Gasteiger partial charge in [0.2, 0.25) is 0 Å². The maximum Gasteiger partial charge on any atom is 0.290 e. The number of nitrogens with one attached hydrogen (secondary N) is 1. The molecule has 0 aliphatic carbocycles. The van der Waals surface area contributed by atoms with Crippen molar-refractivity contribution in [1.82, 2.24) is 5.32 Å². The van der Waals surface area contributed by atoms with Gasteiger partial charge in [-0.3, -0.25) is 4.79 Å². The highest BCUT2D eigenvalue weighted by Gasteiger charge is 2.09. The zero-order chi connectivity index (χ0) is 39.4. The summed E-state index contributed by atoms with van der Waals surface area (Å²) in [6.45, 7) is 16.2. The Labute approximate surface area is 328 Å². The SMILES string of the molecule is CC.CCCCCCC(CCCCCC)CCCCCCCCNCCCCCC=O.CCCCCCC(CCCCCC)CCCOC.O=CO. The molecule has 0 unspecified atom stereocenters. The Bertz CT molecular complexity index is 564. The van der Waals surface area contributed by atoms with Gasteiger partial charge >= 0.3 is 0 Å². The van der Waals surface area contributed by atoms with Crippen LogP contribution in [0.2, 0.25) is 0 Å². The number of aldehydes is 1. The zero-order valence-corrected chi connectivity index (χ0v) is 36.9. The lowest BCUT2D eigenvalue weighted by atomic mass is 9.89. The van der Waals surface area contributed by atoms with Gasteiger partial charge < -0.3 is 20.0 Å². The van der Waals surface area contributed by atoms with Crippen LogP contribution in [-0.4, -0.2) is 44.7 Å². The summed E-state index contributed by atoms with van der Waals surface area (Å²) in [5, 5.41) is 10.4. The van der Waals surface area contributed by atoms with Crippen molar-refractivity contribution in [3.05, 3.63) is 0 Å². The van der Waals surface area contributed by atoms with E-state index in [9.17, 15) is 4.79 Å². The minimum Gasteiger partial charge on any atom is -0.483 e. The lowest BCUT2D eigenvalue weighted by molar-refractivity contribution is -0.122. The van der Waals surface area contributed by atoms with Gasteiger partial charge in [0, 0.05) is 20.1 Å². The van der Waals surface area contributed by atoms with Crippen LogP contribution in [0.1, 0.15) is 253 Å². The largest absolute Gasteiger partial charge is 0.483 e. The molecule has 0 atom stereocenters. The molecule has 0 bridgehead atoms. The predicted octanol–water partition coefficient (Wildman–Crippen LogP) is 15.3. The summed E-state index contributed by atoms with van der Waals surface area (Å²) in [4.78, 5) is 18.6. The topological polar surface area (TPSA) is 75.6 Å². The number of carbonyl (C=O) groups excluding carboxylic acids is 1. The molecule has 0 fully saturated rings. The van der Waals surface area contributed by atoms with E-state index >= 15 is 0 Å². The van der Waals surface area contributed by atoms with E-state index in [0.717, 1.165) is 44.1 Å². The van der Waals surface area contributed by atoms with Crippen LogP contribution >= 0.6 is 0 Å². The van der Waals surface area contributed by atoms with Crippen molar-refractivity contribution in [3.8, 4) is 0 Å². The second-order valence-corrected chi connectivity index (χ2v) is 15.0. The molecule has 5 nitrogen and oxygen atoms in total. The zero-order valence-electron chi connectivity index (χ0n) is 36.9. The lowest BCUT2D eigenvalue weighted by Crippen LogP contribution is -2.16. The van der Waals surface area contributed by atoms with Gasteiger partial charge in [-0.2, -0.15) is 0 Å². The molecule has 2 N–H and O–H groups in total. The molecule has 0 aromatic carbocycles. The molecule has 0 spiro atoms. The number of methoxy groups -OCH3 is 1. The van der Waals surface area contributed by atoms with Crippen molar-refractivity contribution in [1.29, 1.82) is 0 Å². The van der Waals surface area contributed by atoms with Gasteiger partial charge in [0.05, 0.1) is 0 Å². The van der Waals surface area contributed by atoms with E-state index < -0.39 is 0 Å². The molecule has 0 radical (unpaired) electrons. The number of ether oxygens (including phenoxy) is 1. The van der Waals surface area contributed by atoms with E-state index in [1.165, 1.54) is 206 Å². The van der Waals surface area contributed by atoms with E-state index in [4.69, 9.17) is 14.6 Å². The Morgan fingerprint density at radius 1 is 0.462 bits per heavy atom. The van der Waals surface area contributed by atoms with Crippen molar-refractivity contribution >= 4 is 12.8 Å². The molecule has 316 valence electrons. The number of rotatable bonds is 39. The molecule has 0 heterocycles. The van der Waals surface area contributed by atoms with Crippen LogP contribution in [-0.2, 0) is 14.3 Å². The summed E-state index contributed by atoms with van der Waals surface area (Å²) in [7, 11) is 1.82. The molecule has 0 aromatic heterocycles. The molecule has 0 saturated heterocycles. The molecular weight excluding hydrogens is 643 g/mol. The summed E-state index contributed by atoms with van der Waals surface area (Å²) in [6.07, 6.45) is 46.4. The van der Waals surface area contributed by atoms with E-state index in [2.05, 4.69) is 33.0 Å². The number of hydrogen-bond donors (Lipinski definition) is 2. The first-order valence-electron chi connectivity index (χ1n) is 23.3. The fourth-order valence-corrected chi connectivity index (χ4v) is 6.99. The van der Waals surface area contributed by atoms with Crippen molar-refractivity contribution in [2.24, 2.45) is 11.8 Å². The van der Waals surface area contributed by atoms with Crippen LogP contribution in [0, 0.1) is 11.8 Å². The Morgan fingerprint density at radius 2 is 0.750 bits per heavy atom. The summed E-state index contributed by atoms with van der Waals surface area (Å²) >= 11 is 0. The van der Waals surface area contributed by atoms with Crippen molar-refractivity contribution < 1.29 is 19.4 Å². The summed E-state index contributed by atoms with van der Waals surface area (Å²) in [5.74, 6) is 1.98. The van der Waals surface area contributed by atoms with Gasteiger partial charge in [-0.1, -0.05) is 215 Å². The van der Waals surface area contributed by atoms with Crippen LogP contribution < -0.4 is 5.32 Å². The first-order chi connectivity index (χ1) is 25.6. The number of carboxylic acid groups (broad SMARTS) is 1. The van der Waals surface area contributed by atoms with E-state index in [1.807, 2.05) is 21.0 Å². The molecule has 0 aliphatic heterocycles. The molecule has 5 heteroatoms. The van der Waals surface area contributed by atoms with Gasteiger partial charge in [0.25, 0.3) is 6.47 Å². The van der Waals surface area contributed by atoms with Crippen LogP contribution in [0.25, 0.3) is 0 Å². The van der Waals surface area contributed by atoms with Gasteiger partial charge in [-0.05, 0) is 57.0 Å². The van der Waals surface area contributed by atoms with E-state index in [0.29, 0.717) is 0 Å². The smallest absolute Gasteiger partial charge is 0.290 e. The highest BCUT2D eigenvalue weighted by atomic mass is 16.5. The van der Waals surface area contributed by atoms with Gasteiger partial charge in [-0.15, -0.1) is 0 Å². The fourth-order valence-electron chi connectivity index (χ4n) is 6.99. The highest BCUT2D eigenvalue weighted by Crippen LogP contribution is 2.25. The highest BCUT2D eigenvalue weighted by molar-refractivity contribution is 5.48. The summed E-state index contributed by atoms with van der Waals surface area (Å²) in [5.41, 5.74) is 0. The molecule has 52 heavy (non-hydrogen) atoms. The summed E-state index contributed by atoms with van der Waals surface area (Å²) < 4.78 is 5.18. The molecule has 0 rings (SSSR count). The minimum absolute atomic E-state index is 0.250. The Kier molecular flexibility index (Phi) is 65.9. The number of carbonyl (C=O) groups is 2. The monoisotopic (exact) mass is 742 g/mol. The average molecular weight is 742 g/mol. The van der Waals surface area contributed by atoms with E-state index in [-0.39, 0.29) is 6.47 Å². The normalized spacial score (nSPS) is 10.6. The van der Waals surface area contributed by atoms with Crippen LogP contribution in [0.3, 0.4) is 0 Å². The summed E-state index contributed by atoms with van der Waals surface area (Å²) in [6, 6.07) is 0. The van der Waals surface area contributed by atoms with Gasteiger partial charge in [0.15, 0.2) is 0 Å². The third-order valence-electron chi connectivity index (χ3n) is 10.2. The van der Waals surface area contributed by atoms with Crippen molar-refractivity contribution in [2.75, 3.05) is 26.8 Å².